The van der Waals surface area contributed by atoms with Gasteiger partial charge in [0, 0.05) is 17.3 Å². The summed E-state index contributed by atoms with van der Waals surface area (Å²) >= 11 is 0. The highest BCUT2D eigenvalue weighted by Crippen LogP contribution is 2.34. The Bertz CT molecular complexity index is 1130. The third kappa shape index (κ3) is 6.18. The first kappa shape index (κ1) is 24.4. The third-order valence-corrected chi connectivity index (χ3v) is 5.40. The van der Waals surface area contributed by atoms with E-state index in [1.807, 2.05) is 13.8 Å². The van der Waals surface area contributed by atoms with Crippen molar-refractivity contribution in [1.82, 2.24) is 0 Å². The average Bonchev–Trinajstić information content (AvgIpc) is 2.73. The van der Waals surface area contributed by atoms with Crippen LogP contribution in [0.3, 0.4) is 0 Å². The van der Waals surface area contributed by atoms with Gasteiger partial charge >= 0.3 is 12.1 Å². The maximum Gasteiger partial charge on any atom is 0.523 e. The Kier molecular flexibility index (Phi) is 7.20. The summed E-state index contributed by atoms with van der Waals surface area (Å²) in [4.78, 5) is 12.1. The van der Waals surface area contributed by atoms with Crippen LogP contribution in [-0.4, -0.2) is 11.1 Å². The van der Waals surface area contributed by atoms with Crippen molar-refractivity contribution in [3.63, 3.8) is 0 Å². The van der Waals surface area contributed by atoms with Crippen molar-refractivity contribution in [3.05, 3.63) is 94.6 Å². The molecule has 0 radical (unpaired) electrons. The van der Waals surface area contributed by atoms with E-state index in [1.54, 1.807) is 18.2 Å². The zero-order valence-electron chi connectivity index (χ0n) is 18.1. The molecule has 33 heavy (non-hydrogen) atoms. The highest BCUT2D eigenvalue weighted by Gasteiger charge is 2.31. The van der Waals surface area contributed by atoms with Gasteiger partial charge in [0.25, 0.3) is 0 Å². The summed E-state index contributed by atoms with van der Waals surface area (Å²) in [5.74, 6) is -2.79. The summed E-state index contributed by atoms with van der Waals surface area (Å²) in [6.45, 7) is 3.84. The smallest absolute Gasteiger partial charge is 0.523 e. The molecule has 0 spiro atoms. The van der Waals surface area contributed by atoms with Gasteiger partial charge < -0.3 is 5.11 Å². The molecule has 0 heterocycles. The molecule has 0 saturated heterocycles. The van der Waals surface area contributed by atoms with Gasteiger partial charge in [0.1, 0.15) is 17.6 Å². The molecule has 2 nitrogen and oxygen atoms in total. The van der Waals surface area contributed by atoms with Crippen molar-refractivity contribution in [2.75, 3.05) is 0 Å². The van der Waals surface area contributed by atoms with Crippen molar-refractivity contribution in [2.45, 2.75) is 38.8 Å². The largest absolute Gasteiger partial charge is 0.564 e. The van der Waals surface area contributed by atoms with Crippen LogP contribution in [0.15, 0.2) is 60.7 Å². The molecule has 3 aromatic carbocycles. The predicted molar refractivity (Wildman–Crippen MR) is 117 cm³/mol. The van der Waals surface area contributed by atoms with Crippen LogP contribution in [0.2, 0.25) is 0 Å². The van der Waals surface area contributed by atoms with Gasteiger partial charge in [-0.1, -0.05) is 50.2 Å². The molecule has 3 aromatic rings. The van der Waals surface area contributed by atoms with E-state index >= 15 is 0 Å². The first-order chi connectivity index (χ1) is 15.4. The van der Waals surface area contributed by atoms with Crippen LogP contribution in [0, 0.1) is 17.6 Å². The third-order valence-electron chi connectivity index (χ3n) is 5.40. The maximum atomic E-state index is 14.2. The number of carbonyl (C=O) groups is 1. The Hall–Kier alpha value is -3.22. The SMILES string of the molecule is CC(C)CC(C(=O)[OH2+])c1cc(Cc2ccc(F)cc2F)cc(-c2ccc(C(F)(F)F)cc2)c1. The first-order valence-electron chi connectivity index (χ1n) is 10.4. The first-order valence-corrected chi connectivity index (χ1v) is 10.4. The minimum atomic E-state index is -4.47. The molecule has 0 fully saturated rings. The van der Waals surface area contributed by atoms with Gasteiger partial charge in [0.05, 0.1) is 5.56 Å². The Labute approximate surface area is 188 Å². The fourth-order valence-corrected chi connectivity index (χ4v) is 3.79. The van der Waals surface area contributed by atoms with E-state index in [4.69, 9.17) is 5.11 Å². The molecule has 1 unspecified atom stereocenters. The van der Waals surface area contributed by atoms with Gasteiger partial charge in [-0.15, -0.1) is 0 Å². The highest BCUT2D eigenvalue weighted by molar-refractivity contribution is 5.77. The second-order valence-electron chi connectivity index (χ2n) is 8.50. The van der Waals surface area contributed by atoms with Crippen molar-refractivity contribution in [1.29, 1.82) is 0 Å². The summed E-state index contributed by atoms with van der Waals surface area (Å²) in [5.41, 5.74) is 1.64. The molecule has 0 aliphatic heterocycles. The summed E-state index contributed by atoms with van der Waals surface area (Å²) in [6.07, 6.45) is -3.96. The minimum Gasteiger partial charge on any atom is -0.564 e. The molecule has 174 valence electrons. The lowest BCUT2D eigenvalue weighted by molar-refractivity contribution is -0.139. The molecule has 0 amide bonds. The molecule has 0 bridgehead atoms. The van der Waals surface area contributed by atoms with Crippen molar-refractivity contribution < 1.29 is 31.9 Å². The summed E-state index contributed by atoms with van der Waals surface area (Å²) in [5, 5.41) is 7.72. The van der Waals surface area contributed by atoms with Crippen LogP contribution in [0.1, 0.15) is 48.4 Å². The van der Waals surface area contributed by atoms with Crippen LogP contribution < -0.4 is 0 Å². The number of alkyl halides is 3. The van der Waals surface area contributed by atoms with Crippen molar-refractivity contribution in [2.24, 2.45) is 5.92 Å². The van der Waals surface area contributed by atoms with Gasteiger partial charge in [-0.3, -0.25) is 0 Å². The number of halogens is 5. The average molecular weight is 463 g/mol. The molecular formula is C26H24F5O2+. The van der Waals surface area contributed by atoms with E-state index in [0.29, 0.717) is 28.7 Å². The maximum absolute atomic E-state index is 14.2. The van der Waals surface area contributed by atoms with E-state index in [1.165, 1.54) is 18.2 Å². The van der Waals surface area contributed by atoms with E-state index in [0.717, 1.165) is 24.3 Å². The van der Waals surface area contributed by atoms with Gasteiger partial charge in [0.15, 0.2) is 0 Å². The van der Waals surface area contributed by atoms with Gasteiger partial charge in [-0.05, 0) is 58.4 Å². The molecule has 0 saturated carbocycles. The fourth-order valence-electron chi connectivity index (χ4n) is 3.79. The number of rotatable bonds is 7. The lowest BCUT2D eigenvalue weighted by Gasteiger charge is -2.16. The molecule has 0 aliphatic rings. The molecule has 1 atom stereocenters. The number of benzene rings is 3. The Morgan fingerprint density at radius 2 is 1.58 bits per heavy atom. The molecule has 0 aliphatic carbocycles. The summed E-state index contributed by atoms with van der Waals surface area (Å²) < 4.78 is 66.4. The Morgan fingerprint density at radius 3 is 2.12 bits per heavy atom. The molecule has 2 N–H and O–H groups in total. The fraction of sp³-hybridized carbons (Fsp3) is 0.269. The lowest BCUT2D eigenvalue weighted by atomic mass is 9.86. The van der Waals surface area contributed by atoms with E-state index in [-0.39, 0.29) is 17.9 Å². The Balaban J connectivity index is 2.09. The molecule has 0 aromatic heterocycles. The monoisotopic (exact) mass is 463 g/mol. The topological polar surface area (TPSA) is 40.0 Å². The summed E-state index contributed by atoms with van der Waals surface area (Å²) in [7, 11) is 0. The molecule has 7 heteroatoms. The zero-order chi connectivity index (χ0) is 24.3. The predicted octanol–water partition coefficient (Wildman–Crippen LogP) is 6.62. The van der Waals surface area contributed by atoms with Crippen molar-refractivity contribution >= 4 is 5.97 Å². The molecular weight excluding hydrogens is 439 g/mol. The van der Waals surface area contributed by atoms with Crippen LogP contribution in [-0.2, 0) is 17.4 Å². The second kappa shape index (κ2) is 9.73. The van der Waals surface area contributed by atoms with Crippen LogP contribution >= 0.6 is 0 Å². The van der Waals surface area contributed by atoms with E-state index < -0.39 is 35.3 Å². The second-order valence-corrected chi connectivity index (χ2v) is 8.50. The standard InChI is InChI=1S/C26H23F5O2/c1-15(2)9-23(25(32)33)20-12-16(10-18-5-8-22(27)14-24(18)28)11-19(13-20)17-3-6-21(7-4-17)26(29,30)31/h3-8,11-15,23H,9-10H2,1-2H3,(H,32,33)/p+1. The zero-order valence-corrected chi connectivity index (χ0v) is 18.1. The highest BCUT2D eigenvalue weighted by atomic mass is 19.4. The van der Waals surface area contributed by atoms with Gasteiger partial charge in [-0.25, -0.2) is 8.78 Å². The van der Waals surface area contributed by atoms with Crippen LogP contribution in [0.25, 0.3) is 11.1 Å². The summed E-state index contributed by atoms with van der Waals surface area (Å²) in [6, 6.07) is 13.0. The van der Waals surface area contributed by atoms with E-state index in [2.05, 4.69) is 0 Å². The van der Waals surface area contributed by atoms with Crippen molar-refractivity contribution in [3.8, 4) is 11.1 Å². The van der Waals surface area contributed by atoms with Crippen LogP contribution in [0.4, 0.5) is 22.0 Å². The Morgan fingerprint density at radius 1 is 0.909 bits per heavy atom. The normalized spacial score (nSPS) is 12.7. The van der Waals surface area contributed by atoms with E-state index in [9.17, 15) is 26.7 Å². The lowest BCUT2D eigenvalue weighted by Crippen LogP contribution is -2.14. The van der Waals surface area contributed by atoms with Gasteiger partial charge in [-0.2, -0.15) is 13.2 Å². The van der Waals surface area contributed by atoms with Crippen LogP contribution in [0.5, 0.6) is 0 Å². The quantitative estimate of drug-likeness (QED) is 0.287. The number of carbonyl (C=O) groups excluding carboxylic acids is 1. The van der Waals surface area contributed by atoms with Gasteiger partial charge in [0.2, 0.25) is 0 Å². The number of hydrogen-bond acceptors (Lipinski definition) is 1. The number of hydrogen-bond donors (Lipinski definition) is 0. The molecule has 3 rings (SSSR count). The minimum absolute atomic E-state index is 0.0914.